The molecule has 2 aromatic carbocycles. The molecule has 6 nitrogen and oxygen atoms in total. The van der Waals surface area contributed by atoms with E-state index in [0.717, 1.165) is 33.2 Å². The molecule has 0 aliphatic carbocycles. The third-order valence-corrected chi connectivity index (χ3v) is 5.69. The second-order valence-corrected chi connectivity index (χ2v) is 9.09. The summed E-state index contributed by atoms with van der Waals surface area (Å²) < 4.78 is 5.40. The third kappa shape index (κ3) is 6.29. The topological polar surface area (TPSA) is 89.1 Å². The second kappa shape index (κ2) is 10.9. The van der Waals surface area contributed by atoms with E-state index in [2.05, 4.69) is 9.97 Å². The lowest BCUT2D eigenvalue weighted by molar-refractivity contribution is -0.144. The first kappa shape index (κ1) is 24.1. The molecule has 0 amide bonds. The van der Waals surface area contributed by atoms with E-state index in [1.54, 1.807) is 6.20 Å². The molecule has 0 radical (unpaired) electrons. The van der Waals surface area contributed by atoms with Crippen LogP contribution in [0.2, 0.25) is 0 Å². The van der Waals surface area contributed by atoms with Crippen molar-refractivity contribution in [3.05, 3.63) is 89.7 Å². The van der Waals surface area contributed by atoms with Crippen LogP contribution in [0.3, 0.4) is 0 Å². The Labute approximate surface area is 204 Å². The van der Waals surface area contributed by atoms with Gasteiger partial charge in [0.2, 0.25) is 5.78 Å². The molecule has 0 saturated heterocycles. The number of aromatic nitrogens is 2. The maximum absolute atomic E-state index is 12.4. The smallest absolute Gasteiger partial charge is 0.310 e. The van der Waals surface area contributed by atoms with E-state index >= 15 is 0 Å². The molecule has 0 atom stereocenters. The number of Topliss-reactive ketones (excluding diaryl/α,β-unsaturated/α-hetero) is 2. The molecule has 0 aliphatic heterocycles. The van der Waals surface area contributed by atoms with E-state index in [4.69, 9.17) is 4.74 Å². The van der Waals surface area contributed by atoms with E-state index in [1.165, 1.54) is 0 Å². The molecule has 4 rings (SSSR count). The highest BCUT2D eigenvalue weighted by Gasteiger charge is 2.17. The molecule has 0 saturated carbocycles. The monoisotopic (exact) mass is 468 g/mol. The Kier molecular flexibility index (Phi) is 7.51. The van der Waals surface area contributed by atoms with Crippen LogP contribution in [-0.2, 0) is 38.6 Å². The van der Waals surface area contributed by atoms with Crippen molar-refractivity contribution in [1.82, 2.24) is 9.97 Å². The van der Waals surface area contributed by atoms with Gasteiger partial charge in [0.25, 0.3) is 0 Å². The van der Waals surface area contributed by atoms with Gasteiger partial charge in [0.05, 0.1) is 6.42 Å². The minimum absolute atomic E-state index is 0.0818. The van der Waals surface area contributed by atoms with E-state index in [0.29, 0.717) is 5.65 Å². The predicted octanol–water partition coefficient (Wildman–Crippen LogP) is 5.24. The molecule has 0 fully saturated rings. The molecular weight excluding hydrogens is 440 g/mol. The number of nitrogens with one attached hydrogen (secondary N) is 1. The second-order valence-electron chi connectivity index (χ2n) is 9.09. The molecule has 0 aliphatic rings. The van der Waals surface area contributed by atoms with Gasteiger partial charge in [0.15, 0.2) is 5.78 Å². The number of fused-ring (bicyclic) bond motifs is 1. The molecule has 0 bridgehead atoms. The van der Waals surface area contributed by atoms with Gasteiger partial charge in [-0.2, -0.15) is 0 Å². The Hall–Kier alpha value is -4.06. The summed E-state index contributed by atoms with van der Waals surface area (Å²) in [6, 6.07) is 19.1. The number of carbonyl (C=O) groups excluding carboxylic acids is 3. The van der Waals surface area contributed by atoms with E-state index in [-0.39, 0.29) is 49.3 Å². The number of rotatable bonds is 10. The lowest BCUT2D eigenvalue weighted by Gasteiger charge is -2.07. The number of hydrogen-bond acceptors (Lipinski definition) is 5. The van der Waals surface area contributed by atoms with Crippen molar-refractivity contribution < 1.29 is 19.1 Å². The summed E-state index contributed by atoms with van der Waals surface area (Å²) in [4.78, 5) is 44.4. The van der Waals surface area contributed by atoms with Gasteiger partial charge in [-0.05, 0) is 34.2 Å². The Morgan fingerprint density at radius 2 is 1.66 bits per heavy atom. The molecule has 178 valence electrons. The van der Waals surface area contributed by atoms with Crippen molar-refractivity contribution in [2.45, 2.75) is 39.7 Å². The molecule has 2 aromatic heterocycles. The lowest BCUT2D eigenvalue weighted by atomic mass is 9.97. The molecule has 4 aromatic rings. The van der Waals surface area contributed by atoms with E-state index in [1.807, 2.05) is 80.7 Å². The number of esters is 1. The number of pyridine rings is 1. The molecule has 1 N–H and O–H groups in total. The average molecular weight is 469 g/mol. The summed E-state index contributed by atoms with van der Waals surface area (Å²) in [6.07, 6.45) is 4.00. The summed E-state index contributed by atoms with van der Waals surface area (Å²) in [7, 11) is 0. The number of ether oxygens (including phenoxy) is 1. The number of hydrogen-bond donors (Lipinski definition) is 1. The van der Waals surface area contributed by atoms with Crippen LogP contribution >= 0.6 is 0 Å². The van der Waals surface area contributed by atoms with Crippen LogP contribution in [0.25, 0.3) is 22.2 Å². The zero-order valence-electron chi connectivity index (χ0n) is 19.9. The Morgan fingerprint density at radius 3 is 2.43 bits per heavy atom. The van der Waals surface area contributed by atoms with Crippen LogP contribution in [0.4, 0.5) is 0 Å². The SMILES string of the molecule is CC(C)CC(=O)C(=O)Cc1cccc(-c2c[nH]c3ncc(CC(=O)OCc4ccccc4)cc23)c1. The number of ketones is 2. The number of nitrogens with zero attached hydrogens (tertiary/aromatic N) is 1. The number of aromatic amines is 1. The van der Waals surface area contributed by atoms with Crippen molar-refractivity contribution in [1.29, 1.82) is 0 Å². The summed E-state index contributed by atoms with van der Waals surface area (Å²) in [5.41, 5.74) is 4.99. The van der Waals surface area contributed by atoms with Gasteiger partial charge in [0, 0.05) is 36.2 Å². The molecule has 6 heteroatoms. The molecule has 0 spiro atoms. The highest BCUT2D eigenvalue weighted by molar-refractivity contribution is 6.37. The van der Waals surface area contributed by atoms with E-state index < -0.39 is 0 Å². The molecular formula is C29H28N2O4. The first-order valence-electron chi connectivity index (χ1n) is 11.7. The summed E-state index contributed by atoms with van der Waals surface area (Å²) >= 11 is 0. The average Bonchev–Trinajstić information content (AvgIpc) is 3.26. The van der Waals surface area contributed by atoms with Crippen molar-refractivity contribution in [2.75, 3.05) is 0 Å². The van der Waals surface area contributed by atoms with Crippen molar-refractivity contribution in [2.24, 2.45) is 5.92 Å². The Bertz CT molecular complexity index is 1360. The standard InChI is InChI=1S/C29H28N2O4/c1-19(2)11-26(32)27(33)14-21-9-6-10-23(12-21)25-17-31-29-24(25)13-22(16-30-29)15-28(34)35-18-20-7-4-3-5-8-20/h3-10,12-13,16-17,19H,11,14-15,18H2,1-2H3,(H,30,31). The number of benzene rings is 2. The van der Waals surface area contributed by atoms with Gasteiger partial charge in [-0.1, -0.05) is 68.4 Å². The largest absolute Gasteiger partial charge is 0.461 e. The van der Waals surface area contributed by atoms with Crippen LogP contribution in [0.15, 0.2) is 73.1 Å². The van der Waals surface area contributed by atoms with Gasteiger partial charge < -0.3 is 9.72 Å². The van der Waals surface area contributed by atoms with Crippen LogP contribution < -0.4 is 0 Å². The summed E-state index contributed by atoms with van der Waals surface area (Å²) in [5.74, 6) is -0.863. The fourth-order valence-electron chi connectivity index (χ4n) is 3.96. The van der Waals surface area contributed by atoms with Crippen molar-refractivity contribution in [3.8, 4) is 11.1 Å². The lowest BCUT2D eigenvalue weighted by Crippen LogP contribution is -2.18. The number of H-pyrrole nitrogens is 1. The number of carbonyl (C=O) groups is 3. The minimum atomic E-state index is -0.368. The molecule has 2 heterocycles. The van der Waals surface area contributed by atoms with Crippen LogP contribution in [0.1, 0.15) is 37.0 Å². The van der Waals surface area contributed by atoms with Crippen molar-refractivity contribution in [3.63, 3.8) is 0 Å². The highest BCUT2D eigenvalue weighted by Crippen LogP contribution is 2.29. The minimum Gasteiger partial charge on any atom is -0.461 e. The third-order valence-electron chi connectivity index (χ3n) is 5.69. The van der Waals surface area contributed by atoms with Crippen molar-refractivity contribution >= 4 is 28.6 Å². The first-order chi connectivity index (χ1) is 16.9. The molecule has 0 unspecified atom stereocenters. The predicted molar refractivity (Wildman–Crippen MR) is 135 cm³/mol. The molecule has 35 heavy (non-hydrogen) atoms. The van der Waals surface area contributed by atoms with Gasteiger partial charge in [-0.15, -0.1) is 0 Å². The normalized spacial score (nSPS) is 11.1. The summed E-state index contributed by atoms with van der Waals surface area (Å²) in [5, 5.41) is 0.873. The summed E-state index contributed by atoms with van der Waals surface area (Å²) in [6.45, 7) is 4.08. The quantitative estimate of drug-likeness (QED) is 0.254. The van der Waals surface area contributed by atoms with Gasteiger partial charge >= 0.3 is 5.97 Å². The van der Waals surface area contributed by atoms with Crippen LogP contribution in [0.5, 0.6) is 0 Å². The zero-order chi connectivity index (χ0) is 24.8. The van der Waals surface area contributed by atoms with Gasteiger partial charge in [0.1, 0.15) is 12.3 Å². The Balaban J connectivity index is 1.49. The van der Waals surface area contributed by atoms with E-state index in [9.17, 15) is 14.4 Å². The van der Waals surface area contributed by atoms with Crippen LogP contribution in [-0.4, -0.2) is 27.5 Å². The zero-order valence-corrected chi connectivity index (χ0v) is 19.9. The highest BCUT2D eigenvalue weighted by atomic mass is 16.5. The fraction of sp³-hybridized carbons (Fsp3) is 0.241. The first-order valence-corrected chi connectivity index (χ1v) is 11.7. The fourth-order valence-corrected chi connectivity index (χ4v) is 3.96. The van der Waals surface area contributed by atoms with Gasteiger partial charge in [-0.25, -0.2) is 4.98 Å². The van der Waals surface area contributed by atoms with Crippen LogP contribution in [0, 0.1) is 5.92 Å². The van der Waals surface area contributed by atoms with Gasteiger partial charge in [-0.3, -0.25) is 14.4 Å². The maximum Gasteiger partial charge on any atom is 0.310 e. The maximum atomic E-state index is 12.4. The Morgan fingerprint density at radius 1 is 0.886 bits per heavy atom.